The molecule has 0 heterocycles. The van der Waals surface area contributed by atoms with E-state index in [9.17, 15) is 4.79 Å². The highest BCUT2D eigenvalue weighted by atomic mass is 32.1. The summed E-state index contributed by atoms with van der Waals surface area (Å²) >= 11 is 5.17. The van der Waals surface area contributed by atoms with Crippen molar-refractivity contribution in [3.63, 3.8) is 0 Å². The zero-order valence-electron chi connectivity index (χ0n) is 13.5. The van der Waals surface area contributed by atoms with Crippen molar-refractivity contribution in [3.05, 3.63) is 59.2 Å². The SMILES string of the molecule is Cc1cccc(OCC(=O)NC(=S)Nc2cc(C)ccc2C)c1. The zero-order valence-corrected chi connectivity index (χ0v) is 14.3. The number of carbonyl (C=O) groups is 1. The van der Waals surface area contributed by atoms with E-state index in [1.807, 2.05) is 63.2 Å². The molecule has 0 aliphatic heterocycles. The average Bonchev–Trinajstić information content (AvgIpc) is 2.49. The summed E-state index contributed by atoms with van der Waals surface area (Å²) in [4.78, 5) is 11.9. The Balaban J connectivity index is 1.85. The highest BCUT2D eigenvalue weighted by Gasteiger charge is 2.07. The maximum Gasteiger partial charge on any atom is 0.264 e. The first-order valence-electron chi connectivity index (χ1n) is 7.31. The molecule has 0 unspecified atom stereocenters. The summed E-state index contributed by atoms with van der Waals surface area (Å²) < 4.78 is 5.44. The number of hydrogen-bond donors (Lipinski definition) is 2. The van der Waals surface area contributed by atoms with E-state index < -0.39 is 0 Å². The Morgan fingerprint density at radius 2 is 1.83 bits per heavy atom. The van der Waals surface area contributed by atoms with Gasteiger partial charge in [-0.05, 0) is 67.9 Å². The number of amides is 1. The molecule has 23 heavy (non-hydrogen) atoms. The van der Waals surface area contributed by atoms with Gasteiger partial charge in [-0.15, -0.1) is 0 Å². The molecule has 0 aliphatic rings. The number of benzene rings is 2. The van der Waals surface area contributed by atoms with E-state index in [2.05, 4.69) is 10.6 Å². The van der Waals surface area contributed by atoms with Gasteiger partial charge in [-0.25, -0.2) is 0 Å². The maximum absolute atomic E-state index is 11.9. The van der Waals surface area contributed by atoms with Crippen LogP contribution in [0.25, 0.3) is 0 Å². The molecule has 5 heteroatoms. The fourth-order valence-electron chi connectivity index (χ4n) is 2.04. The van der Waals surface area contributed by atoms with Crippen molar-refractivity contribution >= 4 is 28.9 Å². The van der Waals surface area contributed by atoms with Gasteiger partial charge < -0.3 is 10.1 Å². The lowest BCUT2D eigenvalue weighted by atomic mass is 10.1. The van der Waals surface area contributed by atoms with Gasteiger partial charge in [0.25, 0.3) is 5.91 Å². The number of hydrogen-bond acceptors (Lipinski definition) is 3. The van der Waals surface area contributed by atoms with Crippen molar-refractivity contribution in [1.82, 2.24) is 5.32 Å². The Bertz CT molecular complexity index is 729. The van der Waals surface area contributed by atoms with E-state index in [0.29, 0.717) is 5.75 Å². The minimum absolute atomic E-state index is 0.0852. The lowest BCUT2D eigenvalue weighted by Gasteiger charge is -2.13. The number of ether oxygens (including phenoxy) is 1. The molecule has 120 valence electrons. The Morgan fingerprint density at radius 1 is 1.09 bits per heavy atom. The molecule has 0 radical (unpaired) electrons. The highest BCUT2D eigenvalue weighted by Crippen LogP contribution is 2.16. The van der Waals surface area contributed by atoms with Crippen LogP contribution in [-0.4, -0.2) is 17.6 Å². The molecule has 4 nitrogen and oxygen atoms in total. The topological polar surface area (TPSA) is 50.4 Å². The molecule has 0 saturated carbocycles. The van der Waals surface area contributed by atoms with E-state index in [1.54, 1.807) is 0 Å². The lowest BCUT2D eigenvalue weighted by Crippen LogP contribution is -2.37. The van der Waals surface area contributed by atoms with Crippen molar-refractivity contribution in [3.8, 4) is 5.75 Å². The number of aryl methyl sites for hydroxylation is 3. The number of rotatable bonds is 4. The first-order chi connectivity index (χ1) is 10.9. The minimum Gasteiger partial charge on any atom is -0.484 e. The van der Waals surface area contributed by atoms with Crippen LogP contribution in [0.3, 0.4) is 0 Å². The van der Waals surface area contributed by atoms with Crippen molar-refractivity contribution in [2.24, 2.45) is 0 Å². The maximum atomic E-state index is 11.9. The first kappa shape index (κ1) is 17.0. The molecule has 0 aliphatic carbocycles. The molecular weight excluding hydrogens is 308 g/mol. The molecule has 2 aromatic carbocycles. The summed E-state index contributed by atoms with van der Waals surface area (Å²) in [5, 5.41) is 5.91. The smallest absolute Gasteiger partial charge is 0.264 e. The molecule has 0 saturated heterocycles. The third-order valence-corrected chi connectivity index (χ3v) is 3.46. The zero-order chi connectivity index (χ0) is 16.8. The second-order valence-electron chi connectivity index (χ2n) is 5.43. The van der Waals surface area contributed by atoms with E-state index in [0.717, 1.165) is 22.4 Å². The first-order valence-corrected chi connectivity index (χ1v) is 7.72. The molecule has 2 rings (SSSR count). The summed E-state index contributed by atoms with van der Waals surface area (Å²) in [5.74, 6) is 0.364. The van der Waals surface area contributed by atoms with Crippen LogP contribution in [0.1, 0.15) is 16.7 Å². The van der Waals surface area contributed by atoms with Gasteiger partial charge in [0.05, 0.1) is 0 Å². The van der Waals surface area contributed by atoms with Gasteiger partial charge >= 0.3 is 0 Å². The molecular formula is C18H20N2O2S. The van der Waals surface area contributed by atoms with Gasteiger partial charge in [0, 0.05) is 5.69 Å². The van der Waals surface area contributed by atoms with Gasteiger partial charge in [-0.3, -0.25) is 10.1 Å². The van der Waals surface area contributed by atoms with Crippen LogP contribution in [0.2, 0.25) is 0 Å². The predicted molar refractivity (Wildman–Crippen MR) is 97.0 cm³/mol. The third-order valence-electron chi connectivity index (χ3n) is 3.25. The van der Waals surface area contributed by atoms with Crippen molar-refractivity contribution < 1.29 is 9.53 Å². The Labute approximate surface area is 141 Å². The molecule has 0 aromatic heterocycles. The van der Waals surface area contributed by atoms with E-state index in [1.165, 1.54) is 0 Å². The Hall–Kier alpha value is -2.40. The number of nitrogens with one attached hydrogen (secondary N) is 2. The third kappa shape index (κ3) is 5.38. The van der Waals surface area contributed by atoms with Crippen molar-refractivity contribution in [2.45, 2.75) is 20.8 Å². The average molecular weight is 328 g/mol. The molecule has 0 atom stereocenters. The highest BCUT2D eigenvalue weighted by molar-refractivity contribution is 7.80. The largest absolute Gasteiger partial charge is 0.484 e. The standard InChI is InChI=1S/C18H20N2O2S/c1-12-5-4-6-15(9-12)22-11-17(21)20-18(23)19-16-10-13(2)7-8-14(16)3/h4-10H,11H2,1-3H3,(H2,19,20,21,23). The fraction of sp³-hybridized carbons (Fsp3) is 0.222. The van der Waals surface area contributed by atoms with Crippen LogP contribution in [-0.2, 0) is 4.79 Å². The summed E-state index contributed by atoms with van der Waals surface area (Å²) in [7, 11) is 0. The van der Waals surface area contributed by atoms with Gasteiger partial charge in [0.1, 0.15) is 5.75 Å². The van der Waals surface area contributed by atoms with Crippen molar-refractivity contribution in [1.29, 1.82) is 0 Å². The second-order valence-corrected chi connectivity index (χ2v) is 5.83. The normalized spacial score (nSPS) is 10.0. The van der Waals surface area contributed by atoms with Gasteiger partial charge in [-0.2, -0.15) is 0 Å². The van der Waals surface area contributed by atoms with E-state index >= 15 is 0 Å². The van der Waals surface area contributed by atoms with Crippen LogP contribution in [0.4, 0.5) is 5.69 Å². The molecule has 2 aromatic rings. The second kappa shape index (κ2) is 7.74. The van der Waals surface area contributed by atoms with Crippen molar-refractivity contribution in [2.75, 3.05) is 11.9 Å². The minimum atomic E-state index is -0.297. The fourth-order valence-corrected chi connectivity index (χ4v) is 2.26. The van der Waals surface area contributed by atoms with Gasteiger partial charge in [-0.1, -0.05) is 24.3 Å². The quantitative estimate of drug-likeness (QED) is 0.844. The Morgan fingerprint density at radius 3 is 2.57 bits per heavy atom. The van der Waals surface area contributed by atoms with Crippen LogP contribution < -0.4 is 15.4 Å². The lowest BCUT2D eigenvalue weighted by molar-refractivity contribution is -0.121. The number of carbonyl (C=O) groups excluding carboxylic acids is 1. The van der Waals surface area contributed by atoms with Gasteiger partial charge in [0.2, 0.25) is 0 Å². The van der Waals surface area contributed by atoms with Crippen LogP contribution in [0, 0.1) is 20.8 Å². The molecule has 2 N–H and O–H groups in total. The Kier molecular flexibility index (Phi) is 5.71. The molecule has 0 spiro atoms. The summed E-state index contributed by atoms with van der Waals surface area (Å²) in [6, 6.07) is 13.6. The number of thiocarbonyl (C=S) groups is 1. The summed E-state index contributed by atoms with van der Waals surface area (Å²) in [6.45, 7) is 5.86. The number of anilines is 1. The molecule has 0 fully saturated rings. The van der Waals surface area contributed by atoms with E-state index in [-0.39, 0.29) is 17.6 Å². The molecule has 1 amide bonds. The summed E-state index contributed by atoms with van der Waals surface area (Å²) in [5.41, 5.74) is 4.14. The molecule has 0 bridgehead atoms. The predicted octanol–water partition coefficient (Wildman–Crippen LogP) is 3.50. The van der Waals surface area contributed by atoms with Crippen LogP contribution in [0.5, 0.6) is 5.75 Å². The van der Waals surface area contributed by atoms with Gasteiger partial charge in [0.15, 0.2) is 11.7 Å². The monoisotopic (exact) mass is 328 g/mol. The van der Waals surface area contributed by atoms with Crippen LogP contribution >= 0.6 is 12.2 Å². The van der Waals surface area contributed by atoms with E-state index in [4.69, 9.17) is 17.0 Å². The van der Waals surface area contributed by atoms with Crippen LogP contribution in [0.15, 0.2) is 42.5 Å². The summed E-state index contributed by atoms with van der Waals surface area (Å²) in [6.07, 6.45) is 0.